The van der Waals surface area contributed by atoms with E-state index in [1.165, 1.54) is 89.9 Å². The van der Waals surface area contributed by atoms with Crippen LogP contribution in [-0.4, -0.2) is 57.1 Å². The molecule has 7 nitrogen and oxygen atoms in total. The van der Waals surface area contributed by atoms with E-state index < -0.39 is 13.9 Å². The molecule has 0 N–H and O–H groups in total. The average molecular weight is 611 g/mol. The van der Waals surface area contributed by atoms with E-state index in [0.717, 1.165) is 44.3 Å². The van der Waals surface area contributed by atoms with Gasteiger partial charge in [-0.3, -0.25) is 4.57 Å². The summed E-state index contributed by atoms with van der Waals surface area (Å²) >= 11 is 0. The number of hydrogen-bond acceptors (Lipinski definition) is 7. The van der Waals surface area contributed by atoms with Crippen LogP contribution in [-0.2, 0) is 29.7 Å². The summed E-state index contributed by atoms with van der Waals surface area (Å²) in [6.45, 7) is 6.19. The second-order valence-corrected chi connectivity index (χ2v) is 13.3. The van der Waals surface area contributed by atoms with Gasteiger partial charge in [0.2, 0.25) is 0 Å². The lowest BCUT2D eigenvalue weighted by Gasteiger charge is -2.26. The molecule has 1 aliphatic rings. The summed E-state index contributed by atoms with van der Waals surface area (Å²) in [5.74, 6) is 0. The van der Waals surface area contributed by atoms with Gasteiger partial charge in [0, 0.05) is 13.2 Å². The van der Waals surface area contributed by atoms with Crippen LogP contribution in [0.5, 0.6) is 0 Å². The molecule has 1 aromatic carbocycles. The summed E-state index contributed by atoms with van der Waals surface area (Å²) < 4.78 is 34.4. The zero-order chi connectivity index (χ0) is 30.0. The number of phosphoric ester groups is 1. The van der Waals surface area contributed by atoms with E-state index >= 15 is 0 Å². The number of benzene rings is 1. The third kappa shape index (κ3) is 21.0. The van der Waals surface area contributed by atoms with Crippen molar-refractivity contribution in [3.05, 3.63) is 35.9 Å². The minimum atomic E-state index is -4.39. The van der Waals surface area contributed by atoms with E-state index in [0.29, 0.717) is 26.4 Å². The number of rotatable bonds is 29. The smallest absolute Gasteiger partial charge is 0.268 e. The van der Waals surface area contributed by atoms with Crippen molar-refractivity contribution in [3.8, 4) is 0 Å². The zero-order valence-electron chi connectivity index (χ0n) is 26.7. The molecule has 1 heterocycles. The predicted molar refractivity (Wildman–Crippen MR) is 171 cm³/mol. The Labute approximate surface area is 257 Å². The lowest BCUT2D eigenvalue weighted by Crippen LogP contribution is -2.28. The van der Waals surface area contributed by atoms with Gasteiger partial charge in [0.25, 0.3) is 7.82 Å². The van der Waals surface area contributed by atoms with E-state index in [1.54, 1.807) is 0 Å². The number of nitrogens with zero attached hydrogens (tertiary/aromatic N) is 1. The van der Waals surface area contributed by atoms with Crippen molar-refractivity contribution in [3.63, 3.8) is 0 Å². The summed E-state index contributed by atoms with van der Waals surface area (Å²) in [5, 5.41) is 0. The van der Waals surface area contributed by atoms with Gasteiger partial charge >= 0.3 is 0 Å². The minimum Gasteiger partial charge on any atom is -0.756 e. The molecule has 0 saturated carbocycles. The van der Waals surface area contributed by atoms with Gasteiger partial charge < -0.3 is 28.3 Å². The van der Waals surface area contributed by atoms with Gasteiger partial charge in [0.15, 0.2) is 0 Å². The first-order valence-corrected chi connectivity index (χ1v) is 18.6. The van der Waals surface area contributed by atoms with Crippen molar-refractivity contribution in [1.29, 1.82) is 0 Å². The van der Waals surface area contributed by atoms with Crippen LogP contribution in [0.1, 0.15) is 128 Å². The molecular formula is C34H61NO6P-. The van der Waals surface area contributed by atoms with Gasteiger partial charge in [-0.05, 0) is 37.9 Å². The Morgan fingerprint density at radius 1 is 0.738 bits per heavy atom. The summed E-state index contributed by atoms with van der Waals surface area (Å²) in [6.07, 6.45) is 23.2. The molecule has 42 heavy (non-hydrogen) atoms. The van der Waals surface area contributed by atoms with Crippen molar-refractivity contribution in [2.45, 2.75) is 135 Å². The maximum Gasteiger partial charge on any atom is 0.268 e. The fourth-order valence-corrected chi connectivity index (χ4v) is 6.13. The van der Waals surface area contributed by atoms with E-state index in [4.69, 9.17) is 18.5 Å². The van der Waals surface area contributed by atoms with Crippen LogP contribution in [0.15, 0.2) is 30.3 Å². The topological polar surface area (TPSA) is 80.3 Å². The van der Waals surface area contributed by atoms with Gasteiger partial charge in [0.05, 0.1) is 26.4 Å². The molecule has 0 amide bonds. The van der Waals surface area contributed by atoms with Crippen molar-refractivity contribution in [1.82, 2.24) is 4.90 Å². The van der Waals surface area contributed by atoms with Crippen LogP contribution < -0.4 is 4.89 Å². The highest BCUT2D eigenvalue weighted by molar-refractivity contribution is 7.45. The van der Waals surface area contributed by atoms with Gasteiger partial charge in [-0.25, -0.2) is 0 Å². The minimum absolute atomic E-state index is 0.115. The van der Waals surface area contributed by atoms with Crippen LogP contribution >= 0.6 is 7.82 Å². The largest absolute Gasteiger partial charge is 0.756 e. The molecule has 0 spiro atoms. The molecule has 8 heteroatoms. The molecule has 0 aliphatic carbocycles. The Balaban J connectivity index is 1.49. The molecule has 2 rings (SSSR count). The van der Waals surface area contributed by atoms with Crippen molar-refractivity contribution >= 4 is 7.82 Å². The quantitative estimate of drug-likeness (QED) is 0.0665. The Morgan fingerprint density at radius 2 is 1.29 bits per heavy atom. The Kier molecular flexibility index (Phi) is 22.7. The number of likely N-dealkylation sites (tertiary alicyclic amines) is 1. The molecule has 2 unspecified atom stereocenters. The fourth-order valence-electron chi connectivity index (χ4n) is 5.40. The molecule has 1 fully saturated rings. The number of ether oxygens (including phenoxy) is 2. The van der Waals surface area contributed by atoms with Crippen molar-refractivity contribution in [2.75, 3.05) is 46.1 Å². The summed E-state index contributed by atoms with van der Waals surface area (Å²) in [5.41, 5.74) is 1.02. The van der Waals surface area contributed by atoms with Crippen LogP contribution in [0.2, 0.25) is 0 Å². The van der Waals surface area contributed by atoms with Crippen LogP contribution in [0.4, 0.5) is 0 Å². The highest BCUT2D eigenvalue weighted by Crippen LogP contribution is 2.38. The normalized spacial score (nSPS) is 16.1. The van der Waals surface area contributed by atoms with Crippen molar-refractivity contribution in [2.24, 2.45) is 0 Å². The summed E-state index contributed by atoms with van der Waals surface area (Å²) in [4.78, 5) is 14.5. The van der Waals surface area contributed by atoms with Gasteiger partial charge in [0.1, 0.15) is 6.10 Å². The van der Waals surface area contributed by atoms with E-state index in [9.17, 15) is 9.46 Å². The molecule has 0 aromatic heterocycles. The zero-order valence-corrected chi connectivity index (χ0v) is 27.6. The van der Waals surface area contributed by atoms with Gasteiger partial charge in [-0.2, -0.15) is 0 Å². The van der Waals surface area contributed by atoms with E-state index in [2.05, 4.69) is 11.8 Å². The van der Waals surface area contributed by atoms with Crippen LogP contribution in [0, 0.1) is 0 Å². The number of unbranched alkanes of at least 4 members (excludes halogenated alkanes) is 15. The molecule has 2 atom stereocenters. The first-order valence-electron chi connectivity index (χ1n) is 17.1. The number of phosphoric acid groups is 1. The molecule has 1 aromatic rings. The lowest BCUT2D eigenvalue weighted by molar-refractivity contribution is -0.228. The molecule has 1 saturated heterocycles. The van der Waals surface area contributed by atoms with Crippen LogP contribution in [0.25, 0.3) is 0 Å². The molecule has 0 bridgehead atoms. The third-order valence-corrected chi connectivity index (χ3v) is 9.01. The highest BCUT2D eigenvalue weighted by Gasteiger charge is 2.18. The Morgan fingerprint density at radius 3 is 1.86 bits per heavy atom. The molecule has 1 aliphatic heterocycles. The molecular weight excluding hydrogens is 549 g/mol. The number of hydrogen-bond donors (Lipinski definition) is 0. The maximum atomic E-state index is 12.3. The molecule has 0 radical (unpaired) electrons. The Bertz CT molecular complexity index is 777. The lowest BCUT2D eigenvalue weighted by atomic mass is 10.0. The molecule has 244 valence electrons. The predicted octanol–water partition coefficient (Wildman–Crippen LogP) is 8.45. The maximum absolute atomic E-state index is 12.3. The van der Waals surface area contributed by atoms with Gasteiger partial charge in [-0.15, -0.1) is 0 Å². The van der Waals surface area contributed by atoms with Crippen molar-refractivity contribution < 1.29 is 28.0 Å². The first-order chi connectivity index (χ1) is 20.6. The first kappa shape index (κ1) is 37.4. The monoisotopic (exact) mass is 610 g/mol. The second kappa shape index (κ2) is 25.5. The standard InChI is InChI=1S/C34H62NO6P/c1-2-3-4-5-6-7-8-9-10-11-12-13-14-15-16-22-28-38-31-34(39-30-33-23-18-17-19-24-33)32-41-42(36,37)40-29-27-35-25-20-21-26-35/h17-19,23-24,34H,2-16,20-22,25-32H2,1H3,(H,36,37)/p-1. The third-order valence-electron chi connectivity index (χ3n) is 8.05. The second-order valence-electron chi connectivity index (χ2n) is 11.9. The van der Waals surface area contributed by atoms with Gasteiger partial charge in [-0.1, -0.05) is 134 Å². The fraction of sp³-hybridized carbons (Fsp3) is 0.824. The Hall–Kier alpha value is -0.790. The van der Waals surface area contributed by atoms with E-state index in [-0.39, 0.29) is 13.2 Å². The summed E-state index contributed by atoms with van der Waals surface area (Å²) in [6, 6.07) is 9.83. The van der Waals surface area contributed by atoms with E-state index in [1.807, 2.05) is 30.3 Å². The average Bonchev–Trinajstić information content (AvgIpc) is 3.51. The highest BCUT2D eigenvalue weighted by atomic mass is 31.2. The SMILES string of the molecule is CCCCCCCCCCCCCCCCCCOCC(COP(=O)([O-])OCCN1CCCC1)OCc1ccccc1. The summed E-state index contributed by atoms with van der Waals surface area (Å²) in [7, 11) is -4.39. The van der Waals surface area contributed by atoms with Crippen LogP contribution in [0.3, 0.4) is 0 Å².